The number of amides is 1. The van der Waals surface area contributed by atoms with Crippen LogP contribution in [0.5, 0.6) is 0 Å². The van der Waals surface area contributed by atoms with E-state index in [-0.39, 0.29) is 11.7 Å². The molecule has 0 aliphatic heterocycles. The first kappa shape index (κ1) is 16.9. The summed E-state index contributed by atoms with van der Waals surface area (Å²) in [5, 5.41) is 10.4. The van der Waals surface area contributed by atoms with Gasteiger partial charge in [0.25, 0.3) is 5.91 Å². The van der Waals surface area contributed by atoms with E-state index in [1.165, 1.54) is 6.33 Å². The highest BCUT2D eigenvalue weighted by molar-refractivity contribution is 7.92. The first-order valence-corrected chi connectivity index (χ1v) is 9.25. The highest BCUT2D eigenvalue weighted by atomic mass is 32.2. The molecule has 0 fully saturated rings. The van der Waals surface area contributed by atoms with Gasteiger partial charge in [0.1, 0.15) is 6.33 Å². The van der Waals surface area contributed by atoms with Gasteiger partial charge < -0.3 is 5.32 Å². The number of carbonyl (C=O) groups excluding carboxylic acids is 1. The fourth-order valence-corrected chi connectivity index (χ4v) is 2.97. The fraction of sp³-hybridized carbons (Fsp3) is 0.188. The lowest BCUT2D eigenvalue weighted by Crippen LogP contribution is -2.16. The maximum absolute atomic E-state index is 12.4. The van der Waals surface area contributed by atoms with Gasteiger partial charge in [-0.1, -0.05) is 0 Å². The zero-order valence-corrected chi connectivity index (χ0v) is 14.5. The second-order valence-corrected chi connectivity index (χ2v) is 7.51. The molecule has 0 atom stereocenters. The van der Waals surface area contributed by atoms with E-state index in [0.29, 0.717) is 28.1 Å². The Labute approximate surface area is 144 Å². The summed E-state index contributed by atoms with van der Waals surface area (Å²) in [5.41, 5.74) is 2.89. The highest BCUT2D eigenvalue weighted by Crippen LogP contribution is 2.21. The van der Waals surface area contributed by atoms with E-state index in [4.69, 9.17) is 0 Å². The van der Waals surface area contributed by atoms with Gasteiger partial charge in [0.2, 0.25) is 10.0 Å². The molecule has 1 amide bonds. The monoisotopic (exact) mass is 359 g/mol. The number of pyridine rings is 1. The molecule has 0 aliphatic rings. The SMILES string of the molecule is CCS(=O)(=O)Nc1ccc(NC(=O)c2ccc3nncn3c2)cc1C. The second kappa shape index (κ2) is 6.52. The number of aromatic nitrogens is 3. The quantitative estimate of drug-likeness (QED) is 0.725. The summed E-state index contributed by atoms with van der Waals surface area (Å²) in [6.07, 6.45) is 3.16. The maximum Gasteiger partial charge on any atom is 0.257 e. The number of hydrogen-bond acceptors (Lipinski definition) is 5. The van der Waals surface area contributed by atoms with Crippen LogP contribution in [-0.4, -0.2) is 34.7 Å². The molecule has 0 radical (unpaired) electrons. The Kier molecular flexibility index (Phi) is 4.41. The summed E-state index contributed by atoms with van der Waals surface area (Å²) in [6.45, 7) is 3.34. The van der Waals surface area contributed by atoms with Crippen molar-refractivity contribution >= 4 is 33.0 Å². The first-order valence-electron chi connectivity index (χ1n) is 7.60. The number of hydrogen-bond donors (Lipinski definition) is 2. The third-order valence-corrected chi connectivity index (χ3v) is 4.97. The highest BCUT2D eigenvalue weighted by Gasteiger charge is 2.11. The molecule has 2 heterocycles. The molecule has 0 aliphatic carbocycles. The molecule has 0 spiro atoms. The minimum Gasteiger partial charge on any atom is -0.322 e. The van der Waals surface area contributed by atoms with Crippen molar-refractivity contribution in [2.24, 2.45) is 0 Å². The summed E-state index contributed by atoms with van der Waals surface area (Å²) in [5.74, 6) is -0.284. The zero-order valence-electron chi connectivity index (χ0n) is 13.7. The summed E-state index contributed by atoms with van der Waals surface area (Å²) in [6, 6.07) is 8.35. The molecule has 25 heavy (non-hydrogen) atoms. The number of fused-ring (bicyclic) bond motifs is 1. The van der Waals surface area contributed by atoms with Crippen molar-refractivity contribution in [1.29, 1.82) is 0 Å². The van der Waals surface area contributed by atoms with Gasteiger partial charge in [-0.25, -0.2) is 8.42 Å². The van der Waals surface area contributed by atoms with E-state index in [0.717, 1.165) is 0 Å². The minimum atomic E-state index is -3.34. The van der Waals surface area contributed by atoms with Gasteiger partial charge in [0.05, 0.1) is 17.0 Å². The van der Waals surface area contributed by atoms with E-state index < -0.39 is 10.0 Å². The number of rotatable bonds is 5. The summed E-state index contributed by atoms with van der Waals surface area (Å²) in [7, 11) is -3.34. The van der Waals surface area contributed by atoms with Gasteiger partial charge in [0.15, 0.2) is 5.65 Å². The average molecular weight is 359 g/mol. The van der Waals surface area contributed by atoms with Crippen LogP contribution >= 0.6 is 0 Å². The molecule has 0 bridgehead atoms. The number of nitrogens with one attached hydrogen (secondary N) is 2. The van der Waals surface area contributed by atoms with Crippen LogP contribution in [0.3, 0.4) is 0 Å². The van der Waals surface area contributed by atoms with E-state index in [2.05, 4.69) is 20.2 Å². The van der Waals surface area contributed by atoms with Crippen molar-refractivity contribution in [3.05, 3.63) is 54.0 Å². The Morgan fingerprint density at radius 1 is 1.24 bits per heavy atom. The van der Waals surface area contributed by atoms with E-state index in [1.54, 1.807) is 54.8 Å². The van der Waals surface area contributed by atoms with E-state index in [9.17, 15) is 13.2 Å². The van der Waals surface area contributed by atoms with E-state index in [1.807, 2.05) is 0 Å². The minimum absolute atomic E-state index is 0.00346. The van der Waals surface area contributed by atoms with Crippen LogP contribution in [0.25, 0.3) is 5.65 Å². The Morgan fingerprint density at radius 2 is 2.04 bits per heavy atom. The van der Waals surface area contributed by atoms with Crippen LogP contribution in [-0.2, 0) is 10.0 Å². The summed E-state index contributed by atoms with van der Waals surface area (Å²) < 4.78 is 27.5. The summed E-state index contributed by atoms with van der Waals surface area (Å²) in [4.78, 5) is 12.4. The predicted octanol–water partition coefficient (Wildman–Crippen LogP) is 2.05. The molecular formula is C16H17N5O3S. The van der Waals surface area contributed by atoms with Gasteiger partial charge in [-0.3, -0.25) is 13.9 Å². The molecular weight excluding hydrogens is 342 g/mol. The molecule has 2 aromatic heterocycles. The van der Waals surface area contributed by atoms with Crippen molar-refractivity contribution < 1.29 is 13.2 Å². The van der Waals surface area contributed by atoms with Gasteiger partial charge in [0, 0.05) is 11.9 Å². The third kappa shape index (κ3) is 3.77. The van der Waals surface area contributed by atoms with Crippen LogP contribution in [0.2, 0.25) is 0 Å². The molecule has 8 nitrogen and oxygen atoms in total. The second-order valence-electron chi connectivity index (χ2n) is 5.50. The van der Waals surface area contributed by atoms with Crippen molar-refractivity contribution in [1.82, 2.24) is 14.6 Å². The van der Waals surface area contributed by atoms with Crippen LogP contribution < -0.4 is 10.0 Å². The van der Waals surface area contributed by atoms with Crippen molar-refractivity contribution in [3.63, 3.8) is 0 Å². The molecule has 0 saturated heterocycles. The largest absolute Gasteiger partial charge is 0.322 e. The maximum atomic E-state index is 12.4. The molecule has 3 rings (SSSR count). The molecule has 1 aromatic carbocycles. The number of sulfonamides is 1. The van der Waals surface area contributed by atoms with Crippen LogP contribution in [0.1, 0.15) is 22.8 Å². The Balaban J connectivity index is 1.78. The molecule has 3 aromatic rings. The number of benzene rings is 1. The zero-order chi connectivity index (χ0) is 18.0. The average Bonchev–Trinajstić information content (AvgIpc) is 3.05. The topological polar surface area (TPSA) is 105 Å². The standard InChI is InChI=1S/C16H17N5O3S/c1-3-25(23,24)20-14-6-5-13(8-11(14)2)18-16(22)12-4-7-15-19-17-10-21(15)9-12/h4-10,20H,3H2,1-2H3,(H,18,22). The van der Waals surface area contributed by atoms with Crippen molar-refractivity contribution in [3.8, 4) is 0 Å². The fourth-order valence-electron chi connectivity index (χ4n) is 2.26. The first-order chi connectivity index (χ1) is 11.9. The lowest BCUT2D eigenvalue weighted by atomic mass is 10.1. The normalized spacial score (nSPS) is 11.4. The van der Waals surface area contributed by atoms with Crippen LogP contribution in [0.15, 0.2) is 42.9 Å². The summed E-state index contributed by atoms with van der Waals surface area (Å²) >= 11 is 0. The molecule has 0 unspecified atom stereocenters. The predicted molar refractivity (Wildman–Crippen MR) is 95.2 cm³/mol. The van der Waals surface area contributed by atoms with Crippen molar-refractivity contribution in [2.75, 3.05) is 15.8 Å². The Bertz CT molecular complexity index is 1040. The van der Waals surface area contributed by atoms with E-state index >= 15 is 0 Å². The number of carbonyl (C=O) groups is 1. The molecule has 2 N–H and O–H groups in total. The molecule has 130 valence electrons. The van der Waals surface area contributed by atoms with Gasteiger partial charge in [-0.2, -0.15) is 0 Å². The third-order valence-electron chi connectivity index (χ3n) is 3.68. The van der Waals surface area contributed by atoms with Gasteiger partial charge in [-0.15, -0.1) is 10.2 Å². The van der Waals surface area contributed by atoms with Crippen LogP contribution in [0, 0.1) is 6.92 Å². The lowest BCUT2D eigenvalue weighted by Gasteiger charge is -2.12. The number of aryl methyl sites for hydroxylation is 1. The smallest absolute Gasteiger partial charge is 0.257 e. The van der Waals surface area contributed by atoms with Crippen molar-refractivity contribution in [2.45, 2.75) is 13.8 Å². The van der Waals surface area contributed by atoms with Crippen LogP contribution in [0.4, 0.5) is 11.4 Å². The lowest BCUT2D eigenvalue weighted by molar-refractivity contribution is 0.102. The Morgan fingerprint density at radius 3 is 2.76 bits per heavy atom. The van der Waals surface area contributed by atoms with Gasteiger partial charge in [-0.05, 0) is 49.7 Å². The Hall–Kier alpha value is -2.94. The van der Waals surface area contributed by atoms with Gasteiger partial charge >= 0.3 is 0 Å². The molecule has 0 saturated carbocycles. The number of anilines is 2. The molecule has 9 heteroatoms. The number of nitrogens with zero attached hydrogens (tertiary/aromatic N) is 3.